The average Bonchev–Trinajstić information content (AvgIpc) is 3.07. The lowest BCUT2D eigenvalue weighted by atomic mass is 10.0. The third-order valence-electron chi connectivity index (χ3n) is 3.09. The van der Waals surface area contributed by atoms with Crippen molar-refractivity contribution in [1.82, 2.24) is 14.1 Å². The van der Waals surface area contributed by atoms with Gasteiger partial charge in [-0.05, 0) is 17.7 Å². The maximum absolute atomic E-state index is 12.1. The van der Waals surface area contributed by atoms with E-state index in [4.69, 9.17) is 14.6 Å². The molecule has 0 saturated carbocycles. The highest BCUT2D eigenvalue weighted by Gasteiger charge is 2.21. The Kier molecular flexibility index (Phi) is 5.47. The zero-order valence-corrected chi connectivity index (χ0v) is 13.3. The average molecular weight is 337 g/mol. The highest BCUT2D eigenvalue weighted by atomic mass is 32.1. The van der Waals surface area contributed by atoms with E-state index in [1.807, 2.05) is 0 Å². The van der Waals surface area contributed by atoms with Crippen molar-refractivity contribution >= 4 is 23.6 Å². The minimum Gasteiger partial charge on any atom is -0.493 e. The molecular weight excluding hydrogens is 322 g/mol. The molecule has 1 aromatic carbocycles. The van der Waals surface area contributed by atoms with Gasteiger partial charge in [0, 0.05) is 0 Å². The zero-order chi connectivity index (χ0) is 16.8. The van der Waals surface area contributed by atoms with Crippen LogP contribution in [0.1, 0.15) is 28.5 Å². The highest BCUT2D eigenvalue weighted by Crippen LogP contribution is 2.31. The van der Waals surface area contributed by atoms with Crippen LogP contribution < -0.4 is 14.8 Å². The van der Waals surface area contributed by atoms with Crippen LogP contribution >= 0.6 is 11.7 Å². The van der Waals surface area contributed by atoms with Crippen LogP contribution in [0.25, 0.3) is 0 Å². The summed E-state index contributed by atoms with van der Waals surface area (Å²) < 4.78 is 17.9. The number of nitrogens with zero attached hydrogens (tertiary/aromatic N) is 2. The predicted molar refractivity (Wildman–Crippen MR) is 81.9 cm³/mol. The summed E-state index contributed by atoms with van der Waals surface area (Å²) in [7, 11) is 2.98. The van der Waals surface area contributed by atoms with E-state index in [0.29, 0.717) is 17.1 Å². The van der Waals surface area contributed by atoms with Crippen molar-refractivity contribution in [2.45, 2.75) is 12.5 Å². The number of aromatic nitrogens is 2. The maximum atomic E-state index is 12.1. The van der Waals surface area contributed by atoms with Gasteiger partial charge in [-0.1, -0.05) is 6.07 Å². The van der Waals surface area contributed by atoms with Crippen LogP contribution in [0.5, 0.6) is 11.5 Å². The second-order valence-electron chi connectivity index (χ2n) is 4.53. The number of carboxylic acids is 1. The van der Waals surface area contributed by atoms with Gasteiger partial charge < -0.3 is 19.9 Å². The van der Waals surface area contributed by atoms with Gasteiger partial charge in [0.25, 0.3) is 5.91 Å². The van der Waals surface area contributed by atoms with Gasteiger partial charge in [0.15, 0.2) is 17.2 Å². The second-order valence-corrected chi connectivity index (χ2v) is 5.09. The van der Waals surface area contributed by atoms with Crippen LogP contribution in [0, 0.1) is 0 Å². The Morgan fingerprint density at radius 2 is 2.04 bits per heavy atom. The van der Waals surface area contributed by atoms with E-state index in [9.17, 15) is 9.59 Å². The number of hydrogen-bond acceptors (Lipinski definition) is 7. The standard InChI is InChI=1S/C14H15N3O5S/c1-21-11-4-3-8(5-12(11)22-2)9(6-13(18)19)16-14(20)10-7-15-23-17-10/h3-5,7,9H,6H2,1-2H3,(H,16,20)(H,18,19). The lowest BCUT2D eigenvalue weighted by molar-refractivity contribution is -0.137. The van der Waals surface area contributed by atoms with E-state index in [0.717, 1.165) is 11.7 Å². The van der Waals surface area contributed by atoms with E-state index < -0.39 is 17.9 Å². The summed E-state index contributed by atoms with van der Waals surface area (Å²) >= 11 is 0.902. The molecule has 0 spiro atoms. The van der Waals surface area contributed by atoms with E-state index in [2.05, 4.69) is 14.1 Å². The van der Waals surface area contributed by atoms with Crippen molar-refractivity contribution in [3.05, 3.63) is 35.7 Å². The Morgan fingerprint density at radius 1 is 1.30 bits per heavy atom. The highest BCUT2D eigenvalue weighted by molar-refractivity contribution is 6.99. The number of ether oxygens (including phenoxy) is 2. The molecule has 2 rings (SSSR count). The normalized spacial score (nSPS) is 11.6. The molecule has 1 unspecified atom stereocenters. The molecule has 2 aromatic rings. The van der Waals surface area contributed by atoms with Crippen LogP contribution in [0.4, 0.5) is 0 Å². The largest absolute Gasteiger partial charge is 0.493 e. The van der Waals surface area contributed by atoms with Gasteiger partial charge in [0.2, 0.25) is 0 Å². The number of carboxylic acid groups (broad SMARTS) is 1. The second kappa shape index (κ2) is 7.54. The van der Waals surface area contributed by atoms with Crippen molar-refractivity contribution < 1.29 is 24.2 Å². The van der Waals surface area contributed by atoms with Crippen molar-refractivity contribution in [1.29, 1.82) is 0 Å². The first-order valence-electron chi connectivity index (χ1n) is 6.57. The molecule has 1 amide bonds. The summed E-state index contributed by atoms with van der Waals surface area (Å²) in [4.78, 5) is 23.2. The fourth-order valence-electron chi connectivity index (χ4n) is 1.99. The van der Waals surface area contributed by atoms with Crippen LogP contribution in [0.15, 0.2) is 24.4 Å². The first-order valence-corrected chi connectivity index (χ1v) is 7.30. The lowest BCUT2D eigenvalue weighted by Gasteiger charge is -2.18. The topological polar surface area (TPSA) is 111 Å². The summed E-state index contributed by atoms with van der Waals surface area (Å²) in [6.45, 7) is 0. The fraction of sp³-hybridized carbons (Fsp3) is 0.286. The molecule has 0 bridgehead atoms. The molecule has 1 heterocycles. The van der Waals surface area contributed by atoms with Crippen LogP contribution in [-0.4, -0.2) is 39.9 Å². The number of carbonyl (C=O) groups is 2. The van der Waals surface area contributed by atoms with Crippen molar-refractivity contribution in [3.63, 3.8) is 0 Å². The quantitative estimate of drug-likeness (QED) is 0.787. The van der Waals surface area contributed by atoms with Gasteiger partial charge >= 0.3 is 5.97 Å². The van der Waals surface area contributed by atoms with Crippen molar-refractivity contribution in [3.8, 4) is 11.5 Å². The molecule has 0 aliphatic rings. The Hall–Kier alpha value is -2.68. The summed E-state index contributed by atoms with van der Waals surface area (Å²) in [6.07, 6.45) is 1.05. The molecule has 1 atom stereocenters. The Labute approximate surface area is 136 Å². The molecular formula is C14H15N3O5S. The van der Waals surface area contributed by atoms with Crippen molar-refractivity contribution in [2.75, 3.05) is 14.2 Å². The summed E-state index contributed by atoms with van der Waals surface area (Å²) in [5.41, 5.74) is 0.729. The van der Waals surface area contributed by atoms with E-state index in [-0.39, 0.29) is 12.1 Å². The van der Waals surface area contributed by atoms with Crippen LogP contribution in [0.3, 0.4) is 0 Å². The Morgan fingerprint density at radius 3 is 2.61 bits per heavy atom. The molecule has 0 fully saturated rings. The molecule has 0 radical (unpaired) electrons. The van der Waals surface area contributed by atoms with E-state index in [1.54, 1.807) is 18.2 Å². The number of rotatable bonds is 7. The number of carbonyl (C=O) groups excluding carboxylic acids is 1. The molecule has 0 aliphatic heterocycles. The number of methoxy groups -OCH3 is 2. The van der Waals surface area contributed by atoms with Gasteiger partial charge in [-0.3, -0.25) is 9.59 Å². The zero-order valence-electron chi connectivity index (χ0n) is 12.5. The minimum atomic E-state index is -1.04. The van der Waals surface area contributed by atoms with Gasteiger partial charge in [0.1, 0.15) is 0 Å². The van der Waals surface area contributed by atoms with E-state index in [1.165, 1.54) is 20.4 Å². The van der Waals surface area contributed by atoms with Gasteiger partial charge in [0.05, 0.1) is 44.6 Å². The Balaban J connectivity index is 2.27. The Bertz CT molecular complexity index is 690. The first kappa shape index (κ1) is 16.7. The summed E-state index contributed by atoms with van der Waals surface area (Å²) in [6, 6.07) is 4.22. The number of hydrogen-bond donors (Lipinski definition) is 2. The number of nitrogens with one attached hydrogen (secondary N) is 1. The smallest absolute Gasteiger partial charge is 0.305 e. The molecule has 1 aromatic heterocycles. The fourth-order valence-corrected chi connectivity index (χ4v) is 2.41. The molecule has 0 aliphatic carbocycles. The molecule has 122 valence electrons. The van der Waals surface area contributed by atoms with Gasteiger partial charge in [-0.25, -0.2) is 0 Å². The monoisotopic (exact) mass is 337 g/mol. The van der Waals surface area contributed by atoms with Gasteiger partial charge in [-0.15, -0.1) is 0 Å². The number of benzene rings is 1. The van der Waals surface area contributed by atoms with Crippen LogP contribution in [-0.2, 0) is 4.79 Å². The SMILES string of the molecule is COc1ccc(C(CC(=O)O)NC(=O)c2cnsn2)cc1OC. The first-order chi connectivity index (χ1) is 11.0. The molecule has 9 heteroatoms. The number of aliphatic carboxylic acids is 1. The molecule has 0 saturated heterocycles. The predicted octanol–water partition coefficient (Wildman–Crippen LogP) is 1.50. The summed E-state index contributed by atoms with van der Waals surface area (Å²) in [5.74, 6) is -0.563. The molecule has 2 N–H and O–H groups in total. The third kappa shape index (κ3) is 4.16. The number of amides is 1. The summed E-state index contributed by atoms with van der Waals surface area (Å²) in [5, 5.41) is 11.7. The van der Waals surface area contributed by atoms with Crippen LogP contribution in [0.2, 0.25) is 0 Å². The van der Waals surface area contributed by atoms with Gasteiger partial charge in [-0.2, -0.15) is 8.75 Å². The maximum Gasteiger partial charge on any atom is 0.305 e. The third-order valence-corrected chi connectivity index (χ3v) is 3.57. The molecule has 8 nitrogen and oxygen atoms in total. The van der Waals surface area contributed by atoms with Crippen molar-refractivity contribution in [2.24, 2.45) is 0 Å². The lowest BCUT2D eigenvalue weighted by Crippen LogP contribution is -2.30. The minimum absolute atomic E-state index is 0.144. The van der Waals surface area contributed by atoms with E-state index >= 15 is 0 Å². The molecule has 23 heavy (non-hydrogen) atoms.